The minimum absolute atomic E-state index is 0.295. The first-order chi connectivity index (χ1) is 10.8. The molecule has 1 aromatic rings. The van der Waals surface area contributed by atoms with Crippen LogP contribution in [0.25, 0.3) is 0 Å². The van der Waals surface area contributed by atoms with E-state index in [1.165, 1.54) is 7.11 Å². The normalized spacial score (nSPS) is 25.6. The molecule has 6 nitrogen and oxygen atoms in total. The Hall–Kier alpha value is -1.86. The number of methoxy groups -OCH3 is 1. The second-order valence-electron chi connectivity index (χ2n) is 6.37. The lowest BCUT2D eigenvalue weighted by atomic mass is 10.1. The van der Waals surface area contributed by atoms with Crippen molar-refractivity contribution in [2.24, 2.45) is 0 Å². The van der Waals surface area contributed by atoms with Crippen molar-refractivity contribution in [2.45, 2.75) is 43.8 Å². The highest BCUT2D eigenvalue weighted by atomic mass is 28.3. The second kappa shape index (κ2) is 6.72. The van der Waals surface area contributed by atoms with Crippen LogP contribution in [-0.2, 0) is 14.3 Å². The molecule has 1 aliphatic rings. The monoisotopic (exact) mass is 337 g/mol. The maximum atomic E-state index is 12.2. The van der Waals surface area contributed by atoms with Crippen LogP contribution >= 0.6 is 0 Å². The molecule has 126 valence electrons. The number of benzene rings is 1. The van der Waals surface area contributed by atoms with E-state index >= 15 is 0 Å². The number of cyclic esters (lactones) is 1. The molecule has 2 N–H and O–H groups in total. The van der Waals surface area contributed by atoms with E-state index in [1.807, 2.05) is 30.3 Å². The topological polar surface area (TPSA) is 84.9 Å². The van der Waals surface area contributed by atoms with Gasteiger partial charge in [0.15, 0.2) is 0 Å². The van der Waals surface area contributed by atoms with E-state index < -0.39 is 38.4 Å². The van der Waals surface area contributed by atoms with Crippen LogP contribution < -0.4 is 10.5 Å². The first kappa shape index (κ1) is 17.5. The molecule has 1 aliphatic heterocycles. The number of ether oxygens (including phenoxy) is 2. The number of amides is 1. The van der Waals surface area contributed by atoms with E-state index in [9.17, 15) is 14.7 Å². The molecule has 4 atom stereocenters. The van der Waals surface area contributed by atoms with Crippen molar-refractivity contribution >= 4 is 25.3 Å². The van der Waals surface area contributed by atoms with Crippen LogP contribution in [0.15, 0.2) is 30.3 Å². The molecular formula is C16H23NO5Si. The molecule has 23 heavy (non-hydrogen) atoms. The molecule has 0 saturated carbocycles. The summed E-state index contributed by atoms with van der Waals surface area (Å²) in [5.41, 5.74) is -0.295. The number of carbonyl (C=O) groups is 2. The standard InChI is InChI=1S/C16H23NO5Si/c1-10(18)13-14(12(15(19)22-13)17-16(20)21-2)23(3,4)11-8-6-5-7-9-11/h5-10,12-14,18H,1-4H3,(H,17,20)/t10-,12-,13+,14+/m1/s1. The summed E-state index contributed by atoms with van der Waals surface area (Å²) in [7, 11) is -0.986. The van der Waals surface area contributed by atoms with E-state index in [0.29, 0.717) is 0 Å². The minimum Gasteiger partial charge on any atom is -0.458 e. The van der Waals surface area contributed by atoms with Gasteiger partial charge in [-0.3, -0.25) is 0 Å². The molecule has 0 spiro atoms. The van der Waals surface area contributed by atoms with E-state index in [2.05, 4.69) is 23.1 Å². The maximum Gasteiger partial charge on any atom is 0.407 e. The van der Waals surface area contributed by atoms with Gasteiger partial charge < -0.3 is 19.9 Å². The average Bonchev–Trinajstić information content (AvgIpc) is 2.86. The van der Waals surface area contributed by atoms with Crippen molar-refractivity contribution in [2.75, 3.05) is 7.11 Å². The quantitative estimate of drug-likeness (QED) is 0.632. The summed E-state index contributed by atoms with van der Waals surface area (Å²) in [5.74, 6) is -0.525. The minimum atomic E-state index is -2.23. The molecule has 1 fully saturated rings. The van der Waals surface area contributed by atoms with Gasteiger partial charge in [0.2, 0.25) is 0 Å². The number of nitrogens with one attached hydrogen (secondary N) is 1. The fourth-order valence-electron chi connectivity index (χ4n) is 3.24. The summed E-state index contributed by atoms with van der Waals surface area (Å²) in [4.78, 5) is 23.9. The highest BCUT2D eigenvalue weighted by Crippen LogP contribution is 2.38. The number of esters is 1. The largest absolute Gasteiger partial charge is 0.458 e. The number of hydrogen-bond donors (Lipinski definition) is 2. The first-order valence-corrected chi connectivity index (χ1v) is 10.7. The molecule has 1 heterocycles. The third-order valence-corrected chi connectivity index (χ3v) is 8.65. The lowest BCUT2D eigenvalue weighted by molar-refractivity contribution is -0.146. The molecule has 1 amide bonds. The number of alkyl carbamates (subject to hydrolysis) is 1. The van der Waals surface area contributed by atoms with E-state index in [1.54, 1.807) is 6.92 Å². The molecular weight excluding hydrogens is 314 g/mol. The summed E-state index contributed by atoms with van der Waals surface area (Å²) < 4.78 is 9.99. The lowest BCUT2D eigenvalue weighted by Gasteiger charge is -2.36. The van der Waals surface area contributed by atoms with Crippen LogP contribution in [0.1, 0.15) is 6.92 Å². The van der Waals surface area contributed by atoms with Crippen molar-refractivity contribution in [3.05, 3.63) is 30.3 Å². The summed E-state index contributed by atoms with van der Waals surface area (Å²) in [6.45, 7) is 5.81. The van der Waals surface area contributed by atoms with Gasteiger partial charge in [0.25, 0.3) is 0 Å². The number of aliphatic hydroxyl groups excluding tert-OH is 1. The summed E-state index contributed by atoms with van der Waals surface area (Å²) >= 11 is 0. The number of carbonyl (C=O) groups excluding carboxylic acids is 2. The summed E-state index contributed by atoms with van der Waals surface area (Å²) in [6.07, 6.45) is -2.14. The predicted molar refractivity (Wildman–Crippen MR) is 88.2 cm³/mol. The van der Waals surface area contributed by atoms with Crippen molar-refractivity contribution in [3.63, 3.8) is 0 Å². The Morgan fingerprint density at radius 1 is 1.35 bits per heavy atom. The van der Waals surface area contributed by atoms with Crippen LogP contribution in [0.3, 0.4) is 0 Å². The average molecular weight is 337 g/mol. The van der Waals surface area contributed by atoms with E-state index in [-0.39, 0.29) is 5.54 Å². The highest BCUT2D eigenvalue weighted by molar-refractivity contribution is 6.91. The van der Waals surface area contributed by atoms with Gasteiger partial charge in [-0.05, 0) is 6.92 Å². The molecule has 1 aromatic carbocycles. The second-order valence-corrected chi connectivity index (χ2v) is 11.1. The van der Waals surface area contributed by atoms with E-state index in [4.69, 9.17) is 4.74 Å². The lowest BCUT2D eigenvalue weighted by Crippen LogP contribution is -2.57. The Labute approximate surface area is 136 Å². The van der Waals surface area contributed by atoms with Crippen LogP contribution in [0, 0.1) is 0 Å². The fraction of sp³-hybridized carbons (Fsp3) is 0.500. The molecule has 2 rings (SSSR count). The van der Waals surface area contributed by atoms with E-state index in [0.717, 1.165) is 5.19 Å². The van der Waals surface area contributed by atoms with Gasteiger partial charge in [0.1, 0.15) is 12.1 Å². The summed E-state index contributed by atoms with van der Waals surface area (Å²) in [6, 6.07) is 9.04. The first-order valence-electron chi connectivity index (χ1n) is 7.57. The van der Waals surface area contributed by atoms with Crippen molar-refractivity contribution in [3.8, 4) is 0 Å². The van der Waals surface area contributed by atoms with Gasteiger partial charge >= 0.3 is 12.1 Å². The van der Waals surface area contributed by atoms with Gasteiger partial charge in [-0.25, -0.2) is 9.59 Å². The van der Waals surface area contributed by atoms with Crippen LogP contribution in [0.5, 0.6) is 0 Å². The number of rotatable bonds is 4. The van der Waals surface area contributed by atoms with Crippen LogP contribution in [-0.4, -0.2) is 50.6 Å². The smallest absolute Gasteiger partial charge is 0.407 e. The molecule has 0 bridgehead atoms. The third-order valence-electron chi connectivity index (χ3n) is 4.50. The molecule has 1 saturated heterocycles. The van der Waals surface area contributed by atoms with Gasteiger partial charge in [-0.15, -0.1) is 0 Å². The van der Waals surface area contributed by atoms with Crippen molar-refractivity contribution in [1.82, 2.24) is 5.32 Å². The van der Waals surface area contributed by atoms with Gasteiger partial charge in [0.05, 0.1) is 21.3 Å². The van der Waals surface area contributed by atoms with Crippen LogP contribution in [0.2, 0.25) is 18.6 Å². The zero-order chi connectivity index (χ0) is 17.2. The molecule has 0 aliphatic carbocycles. The van der Waals surface area contributed by atoms with Crippen molar-refractivity contribution < 1.29 is 24.2 Å². The maximum absolute atomic E-state index is 12.2. The highest BCUT2D eigenvalue weighted by Gasteiger charge is 2.55. The van der Waals surface area contributed by atoms with Gasteiger partial charge in [-0.1, -0.05) is 48.6 Å². The molecule has 0 unspecified atom stereocenters. The summed E-state index contributed by atoms with van der Waals surface area (Å²) in [5, 5.41) is 13.8. The Balaban J connectivity index is 2.42. The molecule has 0 radical (unpaired) electrons. The Bertz CT molecular complexity index is 575. The number of aliphatic hydroxyl groups is 1. The molecule has 0 aromatic heterocycles. The van der Waals surface area contributed by atoms with Crippen molar-refractivity contribution in [1.29, 1.82) is 0 Å². The Morgan fingerprint density at radius 2 is 1.96 bits per heavy atom. The predicted octanol–water partition coefficient (Wildman–Crippen LogP) is 1.00. The van der Waals surface area contributed by atoms with Crippen LogP contribution in [0.4, 0.5) is 4.79 Å². The fourth-order valence-corrected chi connectivity index (χ4v) is 6.89. The Kier molecular flexibility index (Phi) is 5.11. The Morgan fingerprint density at radius 3 is 2.48 bits per heavy atom. The van der Waals surface area contributed by atoms with Gasteiger partial charge in [-0.2, -0.15) is 0 Å². The SMILES string of the molecule is COC(=O)N[C@H]1C(=O)O[C@@H]([C@@H](C)O)[C@H]1[Si](C)(C)c1ccccc1. The third kappa shape index (κ3) is 3.40. The molecule has 7 heteroatoms. The zero-order valence-electron chi connectivity index (χ0n) is 13.8. The van der Waals surface area contributed by atoms with Gasteiger partial charge in [0, 0.05) is 5.54 Å². The number of hydrogen-bond acceptors (Lipinski definition) is 5. The zero-order valence-corrected chi connectivity index (χ0v) is 14.8.